The summed E-state index contributed by atoms with van der Waals surface area (Å²) in [5.41, 5.74) is -0.471. The molecule has 3 unspecified atom stereocenters. The zero-order chi connectivity index (χ0) is 11.5. The maximum atomic E-state index is 10.1. The summed E-state index contributed by atoms with van der Waals surface area (Å²) in [5, 5.41) is 10.1. The predicted octanol–water partition coefficient (Wildman–Crippen LogP) is 2.76. The second-order valence-corrected chi connectivity index (χ2v) is 5.05. The Morgan fingerprint density at radius 2 is 2.20 bits per heavy atom. The highest BCUT2D eigenvalue weighted by Gasteiger charge is 2.36. The van der Waals surface area contributed by atoms with E-state index in [1.54, 1.807) is 0 Å². The number of aliphatic hydroxyl groups excluding tert-OH is 1. The van der Waals surface area contributed by atoms with Gasteiger partial charge in [-0.15, -0.1) is 0 Å². The molecule has 0 aromatic heterocycles. The Kier molecular flexibility index (Phi) is 4.35. The van der Waals surface area contributed by atoms with Crippen LogP contribution in [0.15, 0.2) is 12.2 Å². The lowest BCUT2D eigenvalue weighted by atomic mass is 9.79. The Labute approximate surface area is 93.3 Å². The van der Waals surface area contributed by atoms with Crippen LogP contribution in [-0.2, 0) is 4.74 Å². The van der Waals surface area contributed by atoms with Gasteiger partial charge in [-0.1, -0.05) is 32.9 Å². The van der Waals surface area contributed by atoms with Crippen molar-refractivity contribution in [3.05, 3.63) is 12.2 Å². The van der Waals surface area contributed by atoms with Gasteiger partial charge >= 0.3 is 0 Å². The highest BCUT2D eigenvalue weighted by atomic mass is 16.5. The molecule has 0 saturated heterocycles. The maximum absolute atomic E-state index is 10.1. The van der Waals surface area contributed by atoms with E-state index in [0.717, 1.165) is 12.8 Å². The van der Waals surface area contributed by atoms with Crippen molar-refractivity contribution >= 4 is 0 Å². The van der Waals surface area contributed by atoms with Crippen molar-refractivity contribution in [1.82, 2.24) is 0 Å². The first-order valence-electron chi connectivity index (χ1n) is 6.01. The number of rotatable bonds is 4. The lowest BCUT2D eigenvalue weighted by Gasteiger charge is -2.38. The third kappa shape index (κ3) is 3.05. The molecule has 0 bridgehead atoms. The van der Waals surface area contributed by atoms with E-state index in [9.17, 15) is 5.11 Å². The van der Waals surface area contributed by atoms with Crippen LogP contribution in [0, 0.1) is 11.8 Å². The van der Waals surface area contributed by atoms with E-state index in [1.807, 2.05) is 13.0 Å². The van der Waals surface area contributed by atoms with Crippen LogP contribution < -0.4 is 0 Å². The number of aliphatic hydroxyl groups is 1. The third-order valence-corrected chi connectivity index (χ3v) is 3.30. The van der Waals surface area contributed by atoms with Gasteiger partial charge in [-0.2, -0.15) is 0 Å². The fourth-order valence-corrected chi connectivity index (χ4v) is 1.96. The summed E-state index contributed by atoms with van der Waals surface area (Å²) in [4.78, 5) is 0. The van der Waals surface area contributed by atoms with Crippen LogP contribution >= 0.6 is 0 Å². The molecular weight excluding hydrogens is 188 g/mol. The minimum absolute atomic E-state index is 0.374. The quantitative estimate of drug-likeness (QED) is 0.726. The highest BCUT2D eigenvalue weighted by molar-refractivity contribution is 5.11. The molecule has 0 saturated carbocycles. The predicted molar refractivity (Wildman–Crippen MR) is 62.7 cm³/mol. The molecule has 1 aliphatic rings. The molecule has 1 aliphatic carbocycles. The standard InChI is InChI=1S/C13H24O2/c1-5-8-15-13(4)7-6-11(10(2)3)9-12(13)14/h6-7,10-12,14H,5,8-9H2,1-4H3. The van der Waals surface area contributed by atoms with E-state index in [4.69, 9.17) is 4.74 Å². The zero-order valence-electron chi connectivity index (χ0n) is 10.4. The van der Waals surface area contributed by atoms with Gasteiger partial charge in [-0.25, -0.2) is 0 Å². The normalized spacial score (nSPS) is 36.1. The smallest absolute Gasteiger partial charge is 0.109 e. The topological polar surface area (TPSA) is 29.5 Å². The average molecular weight is 212 g/mol. The molecule has 15 heavy (non-hydrogen) atoms. The van der Waals surface area contributed by atoms with E-state index in [-0.39, 0.29) is 6.10 Å². The molecule has 0 radical (unpaired) electrons. The minimum Gasteiger partial charge on any atom is -0.390 e. The molecule has 0 aromatic carbocycles. The van der Waals surface area contributed by atoms with Crippen LogP contribution in [0.3, 0.4) is 0 Å². The Balaban J connectivity index is 2.65. The molecule has 0 fully saturated rings. The second kappa shape index (κ2) is 5.13. The summed E-state index contributed by atoms with van der Waals surface area (Å²) in [6.07, 6.45) is 5.67. The SMILES string of the molecule is CCCOC1(C)C=CC(C(C)C)CC1O. The zero-order valence-corrected chi connectivity index (χ0v) is 10.4. The molecule has 0 heterocycles. The van der Waals surface area contributed by atoms with E-state index >= 15 is 0 Å². The largest absolute Gasteiger partial charge is 0.390 e. The molecule has 0 aromatic rings. The van der Waals surface area contributed by atoms with E-state index in [1.165, 1.54) is 0 Å². The van der Waals surface area contributed by atoms with Crippen LogP contribution in [0.25, 0.3) is 0 Å². The van der Waals surface area contributed by atoms with Crippen molar-refractivity contribution in [3.8, 4) is 0 Å². The number of hydrogen-bond acceptors (Lipinski definition) is 2. The summed E-state index contributed by atoms with van der Waals surface area (Å²) in [6.45, 7) is 9.15. The van der Waals surface area contributed by atoms with E-state index < -0.39 is 5.60 Å². The van der Waals surface area contributed by atoms with Crippen molar-refractivity contribution in [2.45, 2.75) is 52.2 Å². The Morgan fingerprint density at radius 1 is 1.53 bits per heavy atom. The molecule has 1 N–H and O–H groups in total. The Hall–Kier alpha value is -0.340. The molecule has 2 nitrogen and oxygen atoms in total. The van der Waals surface area contributed by atoms with E-state index in [0.29, 0.717) is 18.4 Å². The molecule has 0 spiro atoms. The van der Waals surface area contributed by atoms with Gasteiger partial charge < -0.3 is 9.84 Å². The maximum Gasteiger partial charge on any atom is 0.109 e. The van der Waals surface area contributed by atoms with Crippen LogP contribution in [0.1, 0.15) is 40.5 Å². The summed E-state index contributed by atoms with van der Waals surface area (Å²) in [6, 6.07) is 0. The number of hydrogen-bond donors (Lipinski definition) is 1. The van der Waals surface area contributed by atoms with Crippen LogP contribution in [-0.4, -0.2) is 23.4 Å². The van der Waals surface area contributed by atoms with Gasteiger partial charge in [0, 0.05) is 6.61 Å². The first-order chi connectivity index (χ1) is 6.99. The molecule has 0 amide bonds. The molecule has 1 rings (SSSR count). The molecular formula is C13H24O2. The van der Waals surface area contributed by atoms with Crippen molar-refractivity contribution in [1.29, 1.82) is 0 Å². The fraction of sp³-hybridized carbons (Fsp3) is 0.846. The summed E-state index contributed by atoms with van der Waals surface area (Å²) >= 11 is 0. The third-order valence-electron chi connectivity index (χ3n) is 3.30. The van der Waals surface area contributed by atoms with Gasteiger partial charge in [0.05, 0.1) is 6.10 Å². The van der Waals surface area contributed by atoms with Crippen molar-refractivity contribution in [2.24, 2.45) is 11.8 Å². The first kappa shape index (κ1) is 12.7. The van der Waals surface area contributed by atoms with Crippen molar-refractivity contribution in [3.63, 3.8) is 0 Å². The van der Waals surface area contributed by atoms with Crippen LogP contribution in [0.2, 0.25) is 0 Å². The van der Waals surface area contributed by atoms with Crippen molar-refractivity contribution < 1.29 is 9.84 Å². The van der Waals surface area contributed by atoms with Gasteiger partial charge in [0.1, 0.15) is 5.60 Å². The lowest BCUT2D eigenvalue weighted by Crippen LogP contribution is -2.44. The molecule has 3 atom stereocenters. The number of ether oxygens (including phenoxy) is 1. The molecule has 0 aliphatic heterocycles. The summed E-state index contributed by atoms with van der Waals surface area (Å²) in [7, 11) is 0. The summed E-state index contributed by atoms with van der Waals surface area (Å²) in [5.74, 6) is 1.07. The second-order valence-electron chi connectivity index (χ2n) is 5.05. The van der Waals surface area contributed by atoms with Gasteiger partial charge in [0.15, 0.2) is 0 Å². The summed E-state index contributed by atoms with van der Waals surface area (Å²) < 4.78 is 5.72. The minimum atomic E-state index is -0.471. The molecule has 88 valence electrons. The van der Waals surface area contributed by atoms with Gasteiger partial charge in [0.2, 0.25) is 0 Å². The lowest BCUT2D eigenvalue weighted by molar-refractivity contribution is -0.0933. The first-order valence-corrected chi connectivity index (χ1v) is 6.01. The van der Waals surface area contributed by atoms with Gasteiger partial charge in [-0.05, 0) is 31.6 Å². The van der Waals surface area contributed by atoms with Gasteiger partial charge in [0.25, 0.3) is 0 Å². The van der Waals surface area contributed by atoms with E-state index in [2.05, 4.69) is 26.8 Å². The van der Waals surface area contributed by atoms with Crippen LogP contribution in [0.5, 0.6) is 0 Å². The number of allylic oxidation sites excluding steroid dienone is 1. The molecule has 2 heteroatoms. The Morgan fingerprint density at radius 3 is 2.67 bits per heavy atom. The highest BCUT2D eigenvalue weighted by Crippen LogP contribution is 2.32. The van der Waals surface area contributed by atoms with Gasteiger partial charge in [-0.3, -0.25) is 0 Å². The monoisotopic (exact) mass is 212 g/mol. The van der Waals surface area contributed by atoms with Crippen molar-refractivity contribution in [2.75, 3.05) is 6.61 Å². The Bertz CT molecular complexity index is 223. The average Bonchev–Trinajstić information content (AvgIpc) is 2.19. The van der Waals surface area contributed by atoms with Crippen LogP contribution in [0.4, 0.5) is 0 Å². The fourth-order valence-electron chi connectivity index (χ4n) is 1.96.